The first kappa shape index (κ1) is 20.5. The van der Waals surface area contributed by atoms with Crippen LogP contribution in [-0.2, 0) is 24.4 Å². The maximum Gasteiger partial charge on any atom is 0.276 e. The summed E-state index contributed by atoms with van der Waals surface area (Å²) < 4.78 is 0. The van der Waals surface area contributed by atoms with E-state index in [1.54, 1.807) is 32.0 Å². The van der Waals surface area contributed by atoms with Gasteiger partial charge in [-0.2, -0.15) is 10.2 Å². The van der Waals surface area contributed by atoms with Crippen LogP contribution in [0.3, 0.4) is 0 Å². The van der Waals surface area contributed by atoms with Crippen molar-refractivity contribution in [2.45, 2.75) is 33.5 Å². The number of carbonyl (C=O) groups excluding carboxylic acids is 1. The number of allylic oxidation sites excluding steroid dienone is 1. The van der Waals surface area contributed by atoms with Crippen molar-refractivity contribution < 1.29 is 15.0 Å². The fourth-order valence-corrected chi connectivity index (χ4v) is 2.52. The number of carbonyl (C=O) groups is 1. The van der Waals surface area contributed by atoms with Gasteiger partial charge in [0.15, 0.2) is 0 Å². The van der Waals surface area contributed by atoms with Crippen molar-refractivity contribution in [3.8, 4) is 0 Å². The first-order valence-electron chi connectivity index (χ1n) is 8.78. The first-order valence-corrected chi connectivity index (χ1v) is 8.78. The zero-order valence-corrected chi connectivity index (χ0v) is 15.6. The Balaban J connectivity index is 2.05. The molecule has 2 aromatic carbocycles. The van der Waals surface area contributed by atoms with E-state index in [4.69, 9.17) is 0 Å². The lowest BCUT2D eigenvalue weighted by Gasteiger charge is -2.10. The Kier molecular flexibility index (Phi) is 7.85. The number of hydrogen-bond donors (Lipinski definition) is 3. The number of nitrogens with zero attached hydrogens (tertiary/aromatic N) is 2. The molecule has 0 saturated carbocycles. The Labute approximate surface area is 159 Å². The van der Waals surface area contributed by atoms with E-state index in [1.807, 2.05) is 30.3 Å². The lowest BCUT2D eigenvalue weighted by Crippen LogP contribution is -2.15. The summed E-state index contributed by atoms with van der Waals surface area (Å²) in [6.07, 6.45) is 0.750. The molecule has 0 fully saturated rings. The minimum Gasteiger partial charge on any atom is -0.392 e. The zero-order valence-electron chi connectivity index (χ0n) is 15.6. The van der Waals surface area contributed by atoms with E-state index >= 15 is 0 Å². The van der Waals surface area contributed by atoms with Gasteiger partial charge in [-0.05, 0) is 54.7 Å². The van der Waals surface area contributed by atoms with E-state index < -0.39 is 0 Å². The van der Waals surface area contributed by atoms with Gasteiger partial charge >= 0.3 is 0 Å². The molecule has 0 aliphatic rings. The van der Waals surface area contributed by atoms with Gasteiger partial charge < -0.3 is 15.5 Å². The van der Waals surface area contributed by atoms with Gasteiger partial charge in [-0.25, -0.2) is 0 Å². The molecule has 0 bridgehead atoms. The van der Waals surface area contributed by atoms with Crippen molar-refractivity contribution in [1.29, 1.82) is 0 Å². The zero-order chi connectivity index (χ0) is 19.6. The molecule has 0 spiro atoms. The number of anilines is 1. The quantitative estimate of drug-likeness (QED) is 0.491. The van der Waals surface area contributed by atoms with Gasteiger partial charge in [0, 0.05) is 5.69 Å². The Morgan fingerprint density at radius 1 is 0.963 bits per heavy atom. The summed E-state index contributed by atoms with van der Waals surface area (Å²) >= 11 is 0. The van der Waals surface area contributed by atoms with Crippen LogP contribution in [0.5, 0.6) is 0 Å². The summed E-state index contributed by atoms with van der Waals surface area (Å²) in [6, 6.07) is 15.0. The van der Waals surface area contributed by atoms with E-state index in [0.717, 1.165) is 17.6 Å². The van der Waals surface area contributed by atoms with Crippen LogP contribution in [0.1, 0.15) is 30.5 Å². The Bertz CT molecular complexity index is 804. The van der Waals surface area contributed by atoms with Crippen LogP contribution >= 0.6 is 0 Å². The molecule has 0 heterocycles. The normalized spacial score (nSPS) is 10.8. The smallest absolute Gasteiger partial charge is 0.276 e. The third-order valence-corrected chi connectivity index (χ3v) is 3.88. The fourth-order valence-electron chi connectivity index (χ4n) is 2.52. The van der Waals surface area contributed by atoms with Gasteiger partial charge in [0.05, 0.1) is 19.8 Å². The molecule has 27 heavy (non-hydrogen) atoms. The third-order valence-electron chi connectivity index (χ3n) is 3.88. The van der Waals surface area contributed by atoms with Gasteiger partial charge in [0.25, 0.3) is 5.91 Å². The number of amides is 1. The number of aliphatic hydroxyl groups is 2. The molecule has 0 atom stereocenters. The van der Waals surface area contributed by atoms with E-state index in [9.17, 15) is 15.0 Å². The Hall–Kier alpha value is -2.83. The number of azo groups is 1. The standard InChI is InChI=1S/C21H25N3O3/c1-15(2)20(24-22-9-8-16-6-4-3-5-7-16)21(27)23-19-11-17(13-25)10-18(12-19)14-26/h3-7,10-12,25-26H,8-9,13-14H2,1-2H3,(H,23,27)/b24-22-. The highest BCUT2D eigenvalue weighted by Crippen LogP contribution is 2.17. The molecule has 6 nitrogen and oxygen atoms in total. The Morgan fingerprint density at radius 3 is 2.15 bits per heavy atom. The summed E-state index contributed by atoms with van der Waals surface area (Å²) in [6.45, 7) is 3.74. The van der Waals surface area contributed by atoms with Crippen LogP contribution in [0.4, 0.5) is 5.69 Å². The second-order valence-corrected chi connectivity index (χ2v) is 6.36. The average Bonchev–Trinajstić information content (AvgIpc) is 2.67. The molecule has 0 saturated heterocycles. The SMILES string of the molecule is CC(C)=C(/N=N\CCc1ccccc1)C(=O)Nc1cc(CO)cc(CO)c1. The third kappa shape index (κ3) is 6.44. The van der Waals surface area contributed by atoms with E-state index in [1.165, 1.54) is 0 Å². The maximum absolute atomic E-state index is 12.6. The molecule has 2 aromatic rings. The Morgan fingerprint density at radius 2 is 1.59 bits per heavy atom. The molecular weight excluding hydrogens is 342 g/mol. The molecule has 1 amide bonds. The second-order valence-electron chi connectivity index (χ2n) is 6.36. The van der Waals surface area contributed by atoms with Crippen LogP contribution in [0, 0.1) is 0 Å². The van der Waals surface area contributed by atoms with Crippen LogP contribution in [0.15, 0.2) is 70.0 Å². The van der Waals surface area contributed by atoms with Crippen LogP contribution in [0.2, 0.25) is 0 Å². The van der Waals surface area contributed by atoms with Crippen molar-refractivity contribution in [3.63, 3.8) is 0 Å². The minimum atomic E-state index is -0.377. The lowest BCUT2D eigenvalue weighted by atomic mass is 10.1. The lowest BCUT2D eigenvalue weighted by molar-refractivity contribution is -0.113. The highest BCUT2D eigenvalue weighted by atomic mass is 16.3. The van der Waals surface area contributed by atoms with E-state index in [0.29, 0.717) is 23.4 Å². The molecule has 0 unspecified atom stereocenters. The summed E-state index contributed by atoms with van der Waals surface area (Å²) in [5.74, 6) is -0.377. The van der Waals surface area contributed by atoms with Crippen LogP contribution in [0.25, 0.3) is 0 Å². The summed E-state index contributed by atoms with van der Waals surface area (Å²) in [7, 11) is 0. The molecule has 2 rings (SSSR count). The maximum atomic E-state index is 12.6. The predicted molar refractivity (Wildman–Crippen MR) is 105 cm³/mol. The number of benzene rings is 2. The molecule has 3 N–H and O–H groups in total. The molecule has 0 aliphatic carbocycles. The van der Waals surface area contributed by atoms with Gasteiger partial charge in [-0.15, -0.1) is 0 Å². The molecule has 0 radical (unpaired) electrons. The molecule has 142 valence electrons. The predicted octanol–water partition coefficient (Wildman–Crippen LogP) is 3.60. The van der Waals surface area contributed by atoms with Crippen molar-refractivity contribution >= 4 is 11.6 Å². The van der Waals surface area contributed by atoms with Gasteiger partial charge in [-0.3, -0.25) is 4.79 Å². The first-order chi connectivity index (χ1) is 13.0. The number of rotatable bonds is 8. The van der Waals surface area contributed by atoms with Crippen LogP contribution < -0.4 is 5.32 Å². The summed E-state index contributed by atoms with van der Waals surface area (Å²) in [5, 5.41) is 29.6. The van der Waals surface area contributed by atoms with Crippen molar-refractivity contribution in [2.24, 2.45) is 10.2 Å². The van der Waals surface area contributed by atoms with Crippen molar-refractivity contribution in [3.05, 3.63) is 76.5 Å². The summed E-state index contributed by atoms with van der Waals surface area (Å²) in [4.78, 5) is 12.6. The highest BCUT2D eigenvalue weighted by Gasteiger charge is 2.12. The number of hydrogen-bond acceptors (Lipinski definition) is 5. The number of aliphatic hydroxyl groups excluding tert-OH is 2. The average molecular weight is 367 g/mol. The molecule has 0 aliphatic heterocycles. The molecule has 0 aromatic heterocycles. The van der Waals surface area contributed by atoms with Crippen LogP contribution in [-0.4, -0.2) is 22.7 Å². The monoisotopic (exact) mass is 367 g/mol. The topological polar surface area (TPSA) is 94.3 Å². The van der Waals surface area contributed by atoms with E-state index in [-0.39, 0.29) is 24.8 Å². The van der Waals surface area contributed by atoms with Gasteiger partial charge in [-0.1, -0.05) is 36.4 Å². The van der Waals surface area contributed by atoms with Crippen molar-refractivity contribution in [1.82, 2.24) is 0 Å². The van der Waals surface area contributed by atoms with Gasteiger partial charge in [0.1, 0.15) is 5.70 Å². The fraction of sp³-hybridized carbons (Fsp3) is 0.286. The molecule has 6 heteroatoms. The molecular formula is C21H25N3O3. The summed E-state index contributed by atoms with van der Waals surface area (Å²) in [5.41, 5.74) is 3.88. The second kappa shape index (κ2) is 10.4. The number of nitrogens with one attached hydrogen (secondary N) is 1. The van der Waals surface area contributed by atoms with Gasteiger partial charge in [0.2, 0.25) is 0 Å². The largest absolute Gasteiger partial charge is 0.392 e. The minimum absolute atomic E-state index is 0.175. The van der Waals surface area contributed by atoms with E-state index in [2.05, 4.69) is 15.5 Å². The highest BCUT2D eigenvalue weighted by molar-refractivity contribution is 6.03. The van der Waals surface area contributed by atoms with Crippen molar-refractivity contribution in [2.75, 3.05) is 11.9 Å².